The zero-order valence-corrected chi connectivity index (χ0v) is 11.3. The summed E-state index contributed by atoms with van der Waals surface area (Å²) < 4.78 is 1.76. The van der Waals surface area contributed by atoms with Gasteiger partial charge in [0.1, 0.15) is 5.15 Å². The van der Waals surface area contributed by atoms with Gasteiger partial charge in [-0.15, -0.1) is 0 Å². The minimum absolute atomic E-state index is 0.624. The van der Waals surface area contributed by atoms with Crippen molar-refractivity contribution in [2.75, 3.05) is 0 Å². The summed E-state index contributed by atoms with van der Waals surface area (Å²) in [5, 5.41) is 14.3. The third-order valence-electron chi connectivity index (χ3n) is 3.56. The number of hydrogen-bond acceptors (Lipinski definition) is 2. The molecular formula is C15H14ClN3. The SMILES string of the molecule is N#Cc1cccc(-n2nc3c(c2Cl)CCCCC3)c1. The van der Waals surface area contributed by atoms with Crippen LogP contribution in [0.25, 0.3) is 5.69 Å². The van der Waals surface area contributed by atoms with Crippen LogP contribution in [0.3, 0.4) is 0 Å². The highest BCUT2D eigenvalue weighted by Crippen LogP contribution is 2.29. The number of nitrogens with zero attached hydrogens (tertiary/aromatic N) is 3. The Morgan fingerprint density at radius 3 is 2.89 bits per heavy atom. The van der Waals surface area contributed by atoms with Gasteiger partial charge < -0.3 is 0 Å². The standard InChI is InChI=1S/C15H14ClN3/c16-15-13-7-2-1-3-8-14(13)18-19(15)12-6-4-5-11(9-12)10-17/h4-6,9H,1-3,7-8H2. The van der Waals surface area contributed by atoms with Gasteiger partial charge in [0, 0.05) is 5.56 Å². The second kappa shape index (κ2) is 5.07. The summed E-state index contributed by atoms with van der Waals surface area (Å²) >= 11 is 6.46. The molecule has 0 fully saturated rings. The van der Waals surface area contributed by atoms with Crippen molar-refractivity contribution >= 4 is 11.6 Å². The number of aryl methyl sites for hydroxylation is 1. The molecule has 1 aromatic heterocycles. The molecule has 0 bridgehead atoms. The smallest absolute Gasteiger partial charge is 0.136 e. The number of benzene rings is 1. The third kappa shape index (κ3) is 2.24. The largest absolute Gasteiger partial charge is 0.222 e. The molecule has 3 nitrogen and oxygen atoms in total. The zero-order valence-electron chi connectivity index (χ0n) is 10.6. The van der Waals surface area contributed by atoms with E-state index in [2.05, 4.69) is 11.2 Å². The first-order valence-corrected chi connectivity index (χ1v) is 6.94. The molecule has 1 aromatic carbocycles. The molecular weight excluding hydrogens is 258 g/mol. The van der Waals surface area contributed by atoms with Gasteiger partial charge in [0.2, 0.25) is 0 Å². The second-order valence-electron chi connectivity index (χ2n) is 4.85. The third-order valence-corrected chi connectivity index (χ3v) is 3.95. The Morgan fingerprint density at radius 2 is 2.05 bits per heavy atom. The highest BCUT2D eigenvalue weighted by atomic mass is 35.5. The van der Waals surface area contributed by atoms with E-state index >= 15 is 0 Å². The van der Waals surface area contributed by atoms with Crippen molar-refractivity contribution in [3.8, 4) is 11.8 Å². The van der Waals surface area contributed by atoms with Crippen molar-refractivity contribution < 1.29 is 0 Å². The predicted molar refractivity (Wildman–Crippen MR) is 74.5 cm³/mol. The summed E-state index contributed by atoms with van der Waals surface area (Å²) in [6, 6.07) is 9.53. The molecule has 0 unspecified atom stereocenters. The molecule has 0 spiro atoms. The highest BCUT2D eigenvalue weighted by molar-refractivity contribution is 6.30. The number of rotatable bonds is 1. The maximum atomic E-state index is 8.96. The molecule has 1 aliphatic rings. The Balaban J connectivity index is 2.08. The van der Waals surface area contributed by atoms with E-state index in [1.807, 2.05) is 18.2 Å². The maximum absolute atomic E-state index is 8.96. The number of aromatic nitrogens is 2. The second-order valence-corrected chi connectivity index (χ2v) is 5.21. The van der Waals surface area contributed by atoms with Crippen molar-refractivity contribution in [2.45, 2.75) is 32.1 Å². The van der Waals surface area contributed by atoms with Crippen LogP contribution in [0.4, 0.5) is 0 Å². The predicted octanol–water partition coefficient (Wildman–Crippen LogP) is 3.67. The van der Waals surface area contributed by atoms with Gasteiger partial charge in [-0.3, -0.25) is 0 Å². The number of nitriles is 1. The molecule has 0 saturated heterocycles. The van der Waals surface area contributed by atoms with Gasteiger partial charge in [0.25, 0.3) is 0 Å². The normalized spacial score (nSPS) is 14.5. The molecule has 0 atom stereocenters. The molecule has 3 rings (SSSR count). The quantitative estimate of drug-likeness (QED) is 0.743. The fraction of sp³-hybridized carbons (Fsp3) is 0.333. The van der Waals surface area contributed by atoms with Gasteiger partial charge in [0.15, 0.2) is 0 Å². The van der Waals surface area contributed by atoms with E-state index in [0.29, 0.717) is 10.7 Å². The molecule has 19 heavy (non-hydrogen) atoms. The van der Waals surface area contributed by atoms with Crippen LogP contribution in [0.5, 0.6) is 0 Å². The van der Waals surface area contributed by atoms with E-state index in [4.69, 9.17) is 16.9 Å². The van der Waals surface area contributed by atoms with Crippen LogP contribution in [0, 0.1) is 11.3 Å². The van der Waals surface area contributed by atoms with E-state index in [1.165, 1.54) is 24.8 Å². The fourth-order valence-electron chi connectivity index (χ4n) is 2.57. The lowest BCUT2D eigenvalue weighted by molar-refractivity contribution is 0.694. The summed E-state index contributed by atoms with van der Waals surface area (Å²) in [5.74, 6) is 0. The molecule has 1 heterocycles. The molecule has 4 heteroatoms. The Bertz CT molecular complexity index is 652. The minimum Gasteiger partial charge on any atom is -0.222 e. The molecule has 2 aromatic rings. The summed E-state index contributed by atoms with van der Waals surface area (Å²) in [4.78, 5) is 0. The maximum Gasteiger partial charge on any atom is 0.136 e. The van der Waals surface area contributed by atoms with Crippen LogP contribution < -0.4 is 0 Å². The molecule has 0 amide bonds. The number of hydrogen-bond donors (Lipinski definition) is 0. The first kappa shape index (κ1) is 12.3. The van der Waals surface area contributed by atoms with Gasteiger partial charge in [-0.25, -0.2) is 4.68 Å². The van der Waals surface area contributed by atoms with Gasteiger partial charge in [-0.2, -0.15) is 10.4 Å². The molecule has 0 aliphatic heterocycles. The average Bonchev–Trinajstić information content (AvgIpc) is 2.64. The van der Waals surface area contributed by atoms with Gasteiger partial charge in [-0.1, -0.05) is 24.1 Å². The first-order chi connectivity index (χ1) is 9.29. The molecule has 0 radical (unpaired) electrons. The number of fused-ring (bicyclic) bond motifs is 1. The Labute approximate surface area is 117 Å². The molecule has 0 N–H and O–H groups in total. The van der Waals surface area contributed by atoms with Crippen LogP contribution in [0.15, 0.2) is 24.3 Å². The van der Waals surface area contributed by atoms with Crippen LogP contribution in [-0.2, 0) is 12.8 Å². The minimum atomic E-state index is 0.624. The summed E-state index contributed by atoms with van der Waals surface area (Å²) in [6.45, 7) is 0. The fourth-order valence-corrected chi connectivity index (χ4v) is 2.91. The molecule has 0 saturated carbocycles. The van der Waals surface area contributed by atoms with E-state index in [-0.39, 0.29) is 0 Å². The van der Waals surface area contributed by atoms with Crippen molar-refractivity contribution in [3.05, 3.63) is 46.2 Å². The van der Waals surface area contributed by atoms with E-state index in [9.17, 15) is 0 Å². The van der Waals surface area contributed by atoms with Gasteiger partial charge in [0.05, 0.1) is 23.0 Å². The molecule has 1 aliphatic carbocycles. The van der Waals surface area contributed by atoms with E-state index < -0.39 is 0 Å². The Hall–Kier alpha value is -1.79. The Kier molecular flexibility index (Phi) is 3.27. The lowest BCUT2D eigenvalue weighted by atomic mass is 10.1. The van der Waals surface area contributed by atoms with E-state index in [1.54, 1.807) is 10.7 Å². The lowest BCUT2D eigenvalue weighted by Crippen LogP contribution is -1.98. The Morgan fingerprint density at radius 1 is 1.21 bits per heavy atom. The van der Waals surface area contributed by atoms with Crippen LogP contribution in [0.1, 0.15) is 36.1 Å². The van der Waals surface area contributed by atoms with Crippen LogP contribution in [-0.4, -0.2) is 9.78 Å². The van der Waals surface area contributed by atoms with E-state index in [0.717, 1.165) is 24.2 Å². The van der Waals surface area contributed by atoms with Gasteiger partial charge in [-0.05, 0) is 43.9 Å². The highest BCUT2D eigenvalue weighted by Gasteiger charge is 2.19. The van der Waals surface area contributed by atoms with Crippen molar-refractivity contribution in [1.29, 1.82) is 5.26 Å². The lowest BCUT2D eigenvalue weighted by Gasteiger charge is -2.04. The number of halogens is 1. The van der Waals surface area contributed by atoms with Crippen molar-refractivity contribution in [1.82, 2.24) is 9.78 Å². The summed E-state index contributed by atoms with van der Waals surface area (Å²) in [7, 11) is 0. The van der Waals surface area contributed by atoms with Crippen molar-refractivity contribution in [2.24, 2.45) is 0 Å². The van der Waals surface area contributed by atoms with Crippen LogP contribution >= 0.6 is 11.6 Å². The van der Waals surface area contributed by atoms with Crippen LogP contribution in [0.2, 0.25) is 5.15 Å². The summed E-state index contributed by atoms with van der Waals surface area (Å²) in [5.41, 5.74) is 3.78. The first-order valence-electron chi connectivity index (χ1n) is 6.56. The monoisotopic (exact) mass is 271 g/mol. The molecule has 96 valence electrons. The topological polar surface area (TPSA) is 41.6 Å². The van der Waals surface area contributed by atoms with Gasteiger partial charge >= 0.3 is 0 Å². The average molecular weight is 272 g/mol. The summed E-state index contributed by atoms with van der Waals surface area (Å²) in [6.07, 6.45) is 5.61. The van der Waals surface area contributed by atoms with Crippen molar-refractivity contribution in [3.63, 3.8) is 0 Å². The zero-order chi connectivity index (χ0) is 13.2.